The highest BCUT2D eigenvalue weighted by atomic mass is 16.4. The van der Waals surface area contributed by atoms with Crippen LogP contribution in [0, 0.1) is 0 Å². The molecule has 1 heterocycles. The van der Waals surface area contributed by atoms with Crippen LogP contribution >= 0.6 is 0 Å². The largest absolute Gasteiger partial charge is 0.481 e. The topological polar surface area (TPSA) is 77.9 Å². The van der Waals surface area contributed by atoms with Crippen molar-refractivity contribution in [2.45, 2.75) is 52.0 Å². The number of benzene rings is 1. The van der Waals surface area contributed by atoms with Gasteiger partial charge in [0.05, 0.1) is 0 Å². The van der Waals surface area contributed by atoms with E-state index in [-0.39, 0.29) is 24.3 Å². The maximum absolute atomic E-state index is 12.9. The van der Waals surface area contributed by atoms with Crippen LogP contribution in [0.1, 0.15) is 66.7 Å². The van der Waals surface area contributed by atoms with E-state index in [9.17, 15) is 14.4 Å². The first-order valence-electron chi connectivity index (χ1n) is 9.40. The van der Waals surface area contributed by atoms with Gasteiger partial charge in [-0.15, -0.1) is 0 Å². The molecule has 1 fully saturated rings. The van der Waals surface area contributed by atoms with Crippen molar-refractivity contribution < 1.29 is 19.5 Å². The lowest BCUT2D eigenvalue weighted by Crippen LogP contribution is -2.44. The summed E-state index contributed by atoms with van der Waals surface area (Å²) >= 11 is 0. The Morgan fingerprint density at radius 1 is 1.08 bits per heavy atom. The average Bonchev–Trinajstić information content (AvgIpc) is 2.67. The predicted octanol–water partition coefficient (Wildman–Crippen LogP) is 3.03. The summed E-state index contributed by atoms with van der Waals surface area (Å²) in [6, 6.07) is 6.77. The lowest BCUT2D eigenvalue weighted by Gasteiger charge is -2.35. The molecule has 1 N–H and O–H groups in total. The van der Waals surface area contributed by atoms with Crippen molar-refractivity contribution in [3.05, 3.63) is 35.4 Å². The molecule has 0 aromatic heterocycles. The zero-order valence-electron chi connectivity index (χ0n) is 15.6. The van der Waals surface area contributed by atoms with Crippen molar-refractivity contribution in [3.63, 3.8) is 0 Å². The van der Waals surface area contributed by atoms with Crippen molar-refractivity contribution in [2.75, 3.05) is 19.6 Å². The highest BCUT2D eigenvalue weighted by molar-refractivity contribution is 5.98. The first kappa shape index (κ1) is 19.9. The molecule has 1 aliphatic rings. The van der Waals surface area contributed by atoms with Gasteiger partial charge in [0.1, 0.15) is 0 Å². The molecule has 6 nitrogen and oxygen atoms in total. The number of rotatable bonds is 7. The number of carbonyl (C=O) groups is 3. The summed E-state index contributed by atoms with van der Waals surface area (Å²) in [5.74, 6) is -0.949. The van der Waals surface area contributed by atoms with Gasteiger partial charge >= 0.3 is 5.97 Å². The van der Waals surface area contributed by atoms with Gasteiger partial charge < -0.3 is 14.9 Å². The van der Waals surface area contributed by atoms with E-state index in [1.165, 1.54) is 0 Å². The van der Waals surface area contributed by atoms with Crippen LogP contribution in [0.5, 0.6) is 0 Å². The smallest absolute Gasteiger partial charge is 0.303 e. The van der Waals surface area contributed by atoms with Gasteiger partial charge in [-0.1, -0.05) is 0 Å². The molecule has 1 saturated heterocycles. The van der Waals surface area contributed by atoms with Crippen molar-refractivity contribution in [2.24, 2.45) is 0 Å². The van der Waals surface area contributed by atoms with E-state index in [1.54, 1.807) is 34.1 Å². The normalized spacial score (nSPS) is 17.0. The third kappa shape index (κ3) is 4.84. The molecule has 0 aliphatic carbocycles. The fraction of sp³-hybridized carbons (Fsp3) is 0.550. The number of carboxylic acids is 1. The van der Waals surface area contributed by atoms with Gasteiger partial charge in [0.15, 0.2) is 0 Å². The van der Waals surface area contributed by atoms with Crippen molar-refractivity contribution >= 4 is 17.8 Å². The molecule has 26 heavy (non-hydrogen) atoms. The third-order valence-electron chi connectivity index (χ3n) is 5.01. The first-order chi connectivity index (χ1) is 12.5. The molecule has 6 heteroatoms. The van der Waals surface area contributed by atoms with Crippen LogP contribution in [0.2, 0.25) is 0 Å². The highest BCUT2D eigenvalue weighted by Crippen LogP contribution is 2.23. The highest BCUT2D eigenvalue weighted by Gasteiger charge is 2.28. The van der Waals surface area contributed by atoms with Gasteiger partial charge in [0.2, 0.25) is 0 Å². The van der Waals surface area contributed by atoms with Crippen molar-refractivity contribution in [3.8, 4) is 0 Å². The SMILES string of the molecule is CCN(CC)C(=O)c1ccc(C(=O)N2CCCCC2CCC(=O)O)cc1. The molecular weight excluding hydrogens is 332 g/mol. The number of amides is 2. The van der Waals surface area contributed by atoms with E-state index in [0.717, 1.165) is 19.3 Å². The van der Waals surface area contributed by atoms with E-state index >= 15 is 0 Å². The Morgan fingerprint density at radius 2 is 1.69 bits per heavy atom. The molecular formula is C20H28N2O4. The number of nitrogens with zero attached hydrogens (tertiary/aromatic N) is 2. The van der Waals surface area contributed by atoms with Crippen LogP contribution in [-0.2, 0) is 4.79 Å². The molecule has 2 rings (SSSR count). The number of hydrogen-bond acceptors (Lipinski definition) is 3. The summed E-state index contributed by atoms with van der Waals surface area (Å²) < 4.78 is 0. The van der Waals surface area contributed by atoms with Crippen molar-refractivity contribution in [1.82, 2.24) is 9.80 Å². The monoisotopic (exact) mass is 360 g/mol. The van der Waals surface area contributed by atoms with Gasteiger partial charge in [-0.3, -0.25) is 14.4 Å². The summed E-state index contributed by atoms with van der Waals surface area (Å²) in [6.07, 6.45) is 3.36. The molecule has 1 unspecified atom stereocenters. The Kier molecular flexibility index (Phi) is 7.18. The fourth-order valence-corrected chi connectivity index (χ4v) is 3.47. The first-order valence-corrected chi connectivity index (χ1v) is 9.40. The van der Waals surface area contributed by atoms with Gasteiger partial charge in [-0.2, -0.15) is 0 Å². The number of aliphatic carboxylic acids is 1. The van der Waals surface area contributed by atoms with Crippen LogP contribution in [0.25, 0.3) is 0 Å². The van der Waals surface area contributed by atoms with Crippen LogP contribution in [0.15, 0.2) is 24.3 Å². The second-order valence-electron chi connectivity index (χ2n) is 6.64. The zero-order chi connectivity index (χ0) is 19.1. The van der Waals surface area contributed by atoms with Gasteiger partial charge in [0.25, 0.3) is 11.8 Å². The zero-order valence-corrected chi connectivity index (χ0v) is 15.6. The molecule has 2 amide bonds. The van der Waals surface area contributed by atoms with E-state index in [2.05, 4.69) is 0 Å². The Hall–Kier alpha value is -2.37. The summed E-state index contributed by atoms with van der Waals surface area (Å²) in [5, 5.41) is 8.91. The number of carboxylic acid groups (broad SMARTS) is 1. The molecule has 1 aliphatic heterocycles. The minimum atomic E-state index is -0.831. The lowest BCUT2D eigenvalue weighted by molar-refractivity contribution is -0.137. The molecule has 0 radical (unpaired) electrons. The van der Waals surface area contributed by atoms with Crippen LogP contribution < -0.4 is 0 Å². The van der Waals surface area contributed by atoms with E-state index < -0.39 is 5.97 Å². The minimum absolute atomic E-state index is 0.0238. The summed E-state index contributed by atoms with van der Waals surface area (Å²) in [7, 11) is 0. The Bertz CT molecular complexity index is 638. The molecule has 0 saturated carbocycles. The van der Waals surface area contributed by atoms with Crippen LogP contribution in [0.4, 0.5) is 0 Å². The second-order valence-corrected chi connectivity index (χ2v) is 6.64. The molecule has 1 aromatic carbocycles. The maximum Gasteiger partial charge on any atom is 0.303 e. The summed E-state index contributed by atoms with van der Waals surface area (Å²) in [5.41, 5.74) is 1.12. The van der Waals surface area contributed by atoms with Gasteiger partial charge in [-0.25, -0.2) is 0 Å². The Balaban J connectivity index is 2.10. The molecule has 142 valence electrons. The second kappa shape index (κ2) is 9.36. The Labute approximate surface area is 154 Å². The number of hydrogen-bond donors (Lipinski definition) is 1. The van der Waals surface area contributed by atoms with Crippen molar-refractivity contribution in [1.29, 1.82) is 0 Å². The van der Waals surface area contributed by atoms with Crippen LogP contribution in [0.3, 0.4) is 0 Å². The average molecular weight is 360 g/mol. The molecule has 1 aromatic rings. The van der Waals surface area contributed by atoms with E-state index in [4.69, 9.17) is 5.11 Å². The van der Waals surface area contributed by atoms with E-state index in [1.807, 2.05) is 13.8 Å². The summed E-state index contributed by atoms with van der Waals surface area (Å²) in [6.45, 7) is 5.83. The number of likely N-dealkylation sites (tertiary alicyclic amines) is 1. The lowest BCUT2D eigenvalue weighted by atomic mass is 9.96. The van der Waals surface area contributed by atoms with Gasteiger partial charge in [0, 0.05) is 43.2 Å². The quantitative estimate of drug-likeness (QED) is 0.811. The molecule has 1 atom stereocenters. The minimum Gasteiger partial charge on any atom is -0.481 e. The fourth-order valence-electron chi connectivity index (χ4n) is 3.47. The Morgan fingerprint density at radius 3 is 2.27 bits per heavy atom. The standard InChI is InChI=1S/C20H28N2O4/c1-3-21(4-2)19(25)15-8-10-16(11-9-15)20(26)22-14-6-5-7-17(22)12-13-18(23)24/h8-11,17H,3-7,12-14H2,1-2H3,(H,23,24). The summed E-state index contributed by atoms with van der Waals surface area (Å²) in [4.78, 5) is 39.6. The third-order valence-corrected chi connectivity index (χ3v) is 5.01. The molecule has 0 bridgehead atoms. The van der Waals surface area contributed by atoms with Gasteiger partial charge in [-0.05, 0) is 63.8 Å². The maximum atomic E-state index is 12.9. The van der Waals surface area contributed by atoms with Crippen LogP contribution in [-0.4, -0.2) is 58.4 Å². The van der Waals surface area contributed by atoms with E-state index in [0.29, 0.717) is 37.2 Å². The number of carbonyl (C=O) groups excluding carboxylic acids is 2. The molecule has 0 spiro atoms. The predicted molar refractivity (Wildman–Crippen MR) is 99.2 cm³/mol. The number of piperidine rings is 1.